The van der Waals surface area contributed by atoms with Gasteiger partial charge in [-0.25, -0.2) is 0 Å². The third kappa shape index (κ3) is 4.33. The molecule has 0 radical (unpaired) electrons. The standard InChI is InChI=1S/C16H27ClN2O2/c1-5-8-21-16-10(2)9-12(17)11(3)14(16)15(20)13(19-4)6-7-18/h9,13,15,19-20H,5-8,18H2,1-4H3. The summed E-state index contributed by atoms with van der Waals surface area (Å²) >= 11 is 6.28. The SMILES string of the molecule is CCCOc1c(C)cc(Cl)c(C)c1C(O)C(CCN)NC. The van der Waals surface area contributed by atoms with Crippen LogP contribution in [0.5, 0.6) is 5.75 Å². The van der Waals surface area contributed by atoms with Crippen molar-refractivity contribution in [1.29, 1.82) is 0 Å². The molecule has 0 aromatic heterocycles. The Kier molecular flexibility index (Phi) is 7.46. The Labute approximate surface area is 132 Å². The van der Waals surface area contributed by atoms with Gasteiger partial charge >= 0.3 is 0 Å². The highest BCUT2D eigenvalue weighted by Crippen LogP contribution is 2.38. The number of nitrogens with two attached hydrogens (primary N) is 1. The zero-order valence-corrected chi connectivity index (χ0v) is 14.1. The van der Waals surface area contributed by atoms with E-state index in [0.29, 0.717) is 24.6 Å². The predicted octanol–water partition coefficient (Wildman–Crippen LogP) is 2.72. The molecular weight excluding hydrogens is 288 g/mol. The number of aliphatic hydroxyl groups is 1. The van der Waals surface area contributed by atoms with E-state index in [4.69, 9.17) is 22.1 Å². The van der Waals surface area contributed by atoms with Crippen LogP contribution in [-0.2, 0) is 0 Å². The Morgan fingerprint density at radius 2 is 2.10 bits per heavy atom. The van der Waals surface area contributed by atoms with Crippen LogP contribution >= 0.6 is 11.6 Å². The largest absolute Gasteiger partial charge is 0.493 e. The first kappa shape index (κ1) is 18.2. The molecule has 2 atom stereocenters. The van der Waals surface area contributed by atoms with Gasteiger partial charge in [0.2, 0.25) is 0 Å². The molecule has 1 aromatic rings. The highest BCUT2D eigenvalue weighted by molar-refractivity contribution is 6.31. The fourth-order valence-electron chi connectivity index (χ4n) is 2.47. The fourth-order valence-corrected chi connectivity index (χ4v) is 2.73. The van der Waals surface area contributed by atoms with E-state index in [1.807, 2.05) is 27.0 Å². The Balaban J connectivity index is 3.29. The maximum absolute atomic E-state index is 10.8. The van der Waals surface area contributed by atoms with Gasteiger partial charge in [-0.15, -0.1) is 0 Å². The van der Waals surface area contributed by atoms with Crippen molar-refractivity contribution in [3.63, 3.8) is 0 Å². The summed E-state index contributed by atoms with van der Waals surface area (Å²) in [6, 6.07) is 1.76. The molecule has 0 aliphatic heterocycles. The second-order valence-electron chi connectivity index (χ2n) is 5.31. The van der Waals surface area contributed by atoms with Crippen LogP contribution in [0.2, 0.25) is 5.02 Å². The molecule has 0 fully saturated rings. The number of hydrogen-bond donors (Lipinski definition) is 3. The molecule has 4 nitrogen and oxygen atoms in total. The maximum atomic E-state index is 10.8. The van der Waals surface area contributed by atoms with Crippen LogP contribution < -0.4 is 15.8 Å². The van der Waals surface area contributed by atoms with Crippen molar-refractivity contribution in [3.05, 3.63) is 27.8 Å². The number of benzene rings is 1. The van der Waals surface area contributed by atoms with Gasteiger partial charge in [0.15, 0.2) is 0 Å². The number of hydrogen-bond acceptors (Lipinski definition) is 4. The summed E-state index contributed by atoms with van der Waals surface area (Å²) in [7, 11) is 1.82. The molecule has 120 valence electrons. The van der Waals surface area contributed by atoms with Crippen molar-refractivity contribution in [2.24, 2.45) is 5.73 Å². The summed E-state index contributed by atoms with van der Waals surface area (Å²) in [4.78, 5) is 0. The number of aryl methyl sites for hydroxylation is 1. The summed E-state index contributed by atoms with van der Waals surface area (Å²) in [5.41, 5.74) is 8.19. The van der Waals surface area contributed by atoms with E-state index in [1.165, 1.54) is 0 Å². The third-order valence-electron chi connectivity index (χ3n) is 3.68. The highest BCUT2D eigenvalue weighted by atomic mass is 35.5. The molecule has 0 aliphatic carbocycles. The quantitative estimate of drug-likeness (QED) is 0.690. The van der Waals surface area contributed by atoms with Crippen molar-refractivity contribution >= 4 is 11.6 Å². The molecule has 1 rings (SSSR count). The Morgan fingerprint density at radius 1 is 1.43 bits per heavy atom. The number of likely N-dealkylation sites (N-methyl/N-ethyl adjacent to an activating group) is 1. The number of halogens is 1. The number of nitrogens with one attached hydrogen (secondary N) is 1. The zero-order chi connectivity index (χ0) is 16.0. The second kappa shape index (κ2) is 8.59. The summed E-state index contributed by atoms with van der Waals surface area (Å²) in [5, 5.41) is 14.5. The molecular formula is C16H27ClN2O2. The maximum Gasteiger partial charge on any atom is 0.128 e. The average molecular weight is 315 g/mol. The van der Waals surface area contributed by atoms with Gasteiger partial charge in [-0.1, -0.05) is 18.5 Å². The predicted molar refractivity (Wildman–Crippen MR) is 88.2 cm³/mol. The smallest absolute Gasteiger partial charge is 0.128 e. The molecule has 0 bridgehead atoms. The molecule has 0 heterocycles. The molecule has 0 amide bonds. The van der Waals surface area contributed by atoms with Crippen molar-refractivity contribution in [2.75, 3.05) is 20.2 Å². The lowest BCUT2D eigenvalue weighted by Gasteiger charge is -2.27. The first-order valence-electron chi connectivity index (χ1n) is 7.45. The van der Waals surface area contributed by atoms with Crippen LogP contribution in [0.3, 0.4) is 0 Å². The van der Waals surface area contributed by atoms with E-state index in [9.17, 15) is 5.11 Å². The molecule has 4 N–H and O–H groups in total. The average Bonchev–Trinajstić information content (AvgIpc) is 2.46. The molecule has 0 spiro atoms. The van der Waals surface area contributed by atoms with Crippen molar-refractivity contribution in [3.8, 4) is 5.75 Å². The summed E-state index contributed by atoms with van der Waals surface area (Å²) in [5.74, 6) is 0.739. The highest BCUT2D eigenvalue weighted by Gasteiger charge is 2.26. The van der Waals surface area contributed by atoms with E-state index in [1.54, 1.807) is 0 Å². The molecule has 5 heteroatoms. The third-order valence-corrected chi connectivity index (χ3v) is 4.08. The van der Waals surface area contributed by atoms with Crippen molar-refractivity contribution < 1.29 is 9.84 Å². The van der Waals surface area contributed by atoms with Gasteiger partial charge < -0.3 is 20.9 Å². The van der Waals surface area contributed by atoms with Crippen LogP contribution in [0.15, 0.2) is 6.07 Å². The second-order valence-corrected chi connectivity index (χ2v) is 5.72. The lowest BCUT2D eigenvalue weighted by molar-refractivity contribution is 0.123. The lowest BCUT2D eigenvalue weighted by atomic mass is 9.93. The lowest BCUT2D eigenvalue weighted by Crippen LogP contribution is -2.34. The first-order valence-corrected chi connectivity index (χ1v) is 7.83. The van der Waals surface area contributed by atoms with Gasteiger partial charge in [0.25, 0.3) is 0 Å². The molecule has 1 aromatic carbocycles. The number of ether oxygens (including phenoxy) is 1. The normalized spacial score (nSPS) is 14.0. The number of rotatable bonds is 8. The summed E-state index contributed by atoms with van der Waals surface area (Å²) in [6.07, 6.45) is 0.882. The first-order chi connectivity index (χ1) is 9.97. The van der Waals surface area contributed by atoms with Gasteiger partial charge in [-0.2, -0.15) is 0 Å². The van der Waals surface area contributed by atoms with E-state index in [-0.39, 0.29) is 6.04 Å². The Bertz CT molecular complexity index is 466. The van der Waals surface area contributed by atoms with Gasteiger partial charge in [-0.05, 0) is 57.5 Å². The monoisotopic (exact) mass is 314 g/mol. The van der Waals surface area contributed by atoms with E-state index >= 15 is 0 Å². The number of aliphatic hydroxyl groups excluding tert-OH is 1. The summed E-state index contributed by atoms with van der Waals surface area (Å²) < 4.78 is 5.87. The molecule has 2 unspecified atom stereocenters. The van der Waals surface area contributed by atoms with Crippen molar-refractivity contribution in [2.45, 2.75) is 45.8 Å². The van der Waals surface area contributed by atoms with E-state index in [2.05, 4.69) is 12.2 Å². The van der Waals surface area contributed by atoms with Gasteiger partial charge in [0.05, 0.1) is 12.7 Å². The van der Waals surface area contributed by atoms with Gasteiger partial charge in [0.1, 0.15) is 5.75 Å². The zero-order valence-electron chi connectivity index (χ0n) is 13.4. The van der Waals surface area contributed by atoms with Crippen LogP contribution in [0.25, 0.3) is 0 Å². The minimum absolute atomic E-state index is 0.129. The Hall–Kier alpha value is -0.810. The fraction of sp³-hybridized carbons (Fsp3) is 0.625. The Morgan fingerprint density at radius 3 is 2.62 bits per heavy atom. The molecule has 21 heavy (non-hydrogen) atoms. The van der Waals surface area contributed by atoms with Crippen LogP contribution in [-0.4, -0.2) is 31.3 Å². The van der Waals surface area contributed by atoms with Gasteiger partial charge in [0, 0.05) is 16.6 Å². The minimum atomic E-state index is -0.706. The topological polar surface area (TPSA) is 67.5 Å². The molecule has 0 saturated heterocycles. The minimum Gasteiger partial charge on any atom is -0.493 e. The summed E-state index contributed by atoms with van der Waals surface area (Å²) in [6.45, 7) is 7.03. The van der Waals surface area contributed by atoms with Crippen LogP contribution in [0.1, 0.15) is 42.6 Å². The molecule has 0 aliphatic rings. The van der Waals surface area contributed by atoms with Crippen molar-refractivity contribution in [1.82, 2.24) is 5.32 Å². The molecule has 0 saturated carbocycles. The van der Waals surface area contributed by atoms with Crippen LogP contribution in [0.4, 0.5) is 0 Å². The van der Waals surface area contributed by atoms with E-state index in [0.717, 1.165) is 28.9 Å². The van der Waals surface area contributed by atoms with Gasteiger partial charge in [-0.3, -0.25) is 0 Å². The van der Waals surface area contributed by atoms with Crippen LogP contribution in [0, 0.1) is 13.8 Å². The van der Waals surface area contributed by atoms with E-state index < -0.39 is 6.10 Å².